The molecule has 2 aliphatic heterocycles. The van der Waals surface area contributed by atoms with Gasteiger partial charge in [-0.15, -0.1) is 0 Å². The van der Waals surface area contributed by atoms with Crippen LogP contribution in [0.15, 0.2) is 42.6 Å². The number of alkyl carbamates (subject to hydrolysis) is 1. The van der Waals surface area contributed by atoms with E-state index < -0.39 is 79.7 Å². The van der Waals surface area contributed by atoms with E-state index >= 15 is 0 Å². The van der Waals surface area contributed by atoms with E-state index in [1.807, 2.05) is 38.1 Å². The summed E-state index contributed by atoms with van der Waals surface area (Å²) >= 11 is 0. The number of amides is 4. The lowest BCUT2D eigenvalue weighted by Gasteiger charge is -2.33. The second kappa shape index (κ2) is 14.7. The summed E-state index contributed by atoms with van der Waals surface area (Å²) in [6.45, 7) is 10.5. The van der Waals surface area contributed by atoms with Crippen LogP contribution in [0.25, 0.3) is 10.8 Å². The number of fused-ring (bicyclic) bond motifs is 3. The molecule has 294 valence electrons. The van der Waals surface area contributed by atoms with E-state index in [0.29, 0.717) is 30.4 Å². The fraction of sp³-hybridized carbons (Fsp3) is 0.605. The first-order valence-corrected chi connectivity index (χ1v) is 19.9. The number of sulfonamides is 1. The highest BCUT2D eigenvalue weighted by molar-refractivity contribution is 7.91. The number of hydrogen-bond acceptors (Lipinski definition) is 11. The highest BCUT2D eigenvalue weighted by Gasteiger charge is 2.63. The molecular weight excluding hydrogens is 719 g/mol. The van der Waals surface area contributed by atoms with Crippen molar-refractivity contribution in [3.63, 3.8) is 0 Å². The number of aromatic nitrogens is 1. The van der Waals surface area contributed by atoms with Gasteiger partial charge in [-0.1, -0.05) is 37.3 Å². The Morgan fingerprint density at radius 3 is 2.46 bits per heavy atom. The van der Waals surface area contributed by atoms with Gasteiger partial charge >= 0.3 is 6.09 Å². The van der Waals surface area contributed by atoms with E-state index in [-0.39, 0.29) is 38.0 Å². The van der Waals surface area contributed by atoms with Crippen molar-refractivity contribution in [1.29, 1.82) is 0 Å². The minimum absolute atomic E-state index is 0.0151. The summed E-state index contributed by atoms with van der Waals surface area (Å²) in [4.78, 5) is 62.0. The Labute approximate surface area is 315 Å². The third-order valence-electron chi connectivity index (χ3n) is 10.7. The summed E-state index contributed by atoms with van der Waals surface area (Å²) in [5, 5.41) is 7.03. The summed E-state index contributed by atoms with van der Waals surface area (Å²) in [7, 11) is -2.48. The molecule has 0 bridgehead atoms. The Balaban J connectivity index is 1.35. The van der Waals surface area contributed by atoms with E-state index in [2.05, 4.69) is 20.3 Å². The number of benzene rings is 1. The largest absolute Gasteiger partial charge is 0.494 e. The van der Waals surface area contributed by atoms with Crippen molar-refractivity contribution in [2.45, 2.75) is 114 Å². The monoisotopic (exact) mass is 769 g/mol. The van der Waals surface area contributed by atoms with Crippen LogP contribution < -0.4 is 24.8 Å². The number of carbonyl (C=O) groups excluding carboxylic acids is 4. The number of nitrogens with zero attached hydrogens (tertiary/aromatic N) is 2. The maximum atomic E-state index is 14.7. The summed E-state index contributed by atoms with van der Waals surface area (Å²) in [5.41, 5.74) is -2.43. The number of methoxy groups -OCH3 is 1. The lowest BCUT2D eigenvalue weighted by atomic mass is 9.94. The Morgan fingerprint density at radius 1 is 1.09 bits per heavy atom. The molecule has 2 saturated carbocycles. The van der Waals surface area contributed by atoms with Gasteiger partial charge in [-0.05, 0) is 72.3 Å². The highest BCUT2D eigenvalue weighted by Crippen LogP contribution is 2.47. The molecule has 2 aromatic rings. The zero-order valence-electron chi connectivity index (χ0n) is 31.8. The maximum Gasteiger partial charge on any atom is 0.408 e. The molecule has 6 rings (SSSR count). The first-order valence-electron chi connectivity index (χ1n) is 18.4. The standard InChI is InChI=1S/C38H51N5O10S/c1-22-17-23(2)51-16-10-11-24-19-38(24,34(46)42-54(48,49)37(6)14-15-37)41-31(44)28-18-25(21-43(28)33(45)30(22)40-35(47)53-36(3,4)5)52-32-27-13-9-8-12-26(27)29(50-7)20-39-32/h8-13,20,22-25,28,30H,14-19,21H2,1-7H3,(H,40,47)(H,41,44)(H,42,46). The van der Waals surface area contributed by atoms with E-state index in [4.69, 9.17) is 18.9 Å². The molecule has 15 nitrogen and oxygen atoms in total. The molecule has 1 aromatic carbocycles. The third kappa shape index (κ3) is 8.14. The SMILES string of the molecule is COc1cnc(OC2CC3C(=O)NC4(C(=O)NS(=O)(=O)C5(C)CC5)CC4C=CCOC(C)CC(C)C(NC(=O)OC(C)(C)C)C(=O)N3C2)c2ccccc12. The van der Waals surface area contributed by atoms with Gasteiger partial charge in [0.05, 0.1) is 37.3 Å². The van der Waals surface area contributed by atoms with Crippen molar-refractivity contribution >= 4 is 44.6 Å². The van der Waals surface area contributed by atoms with Crippen molar-refractivity contribution in [2.75, 3.05) is 20.3 Å². The minimum atomic E-state index is -4.02. The molecule has 7 unspecified atom stereocenters. The van der Waals surface area contributed by atoms with Gasteiger partial charge in [0.1, 0.15) is 35.1 Å². The topological polar surface area (TPSA) is 192 Å². The van der Waals surface area contributed by atoms with Crippen LogP contribution >= 0.6 is 0 Å². The molecule has 2 aliphatic carbocycles. The normalized spacial score (nSPS) is 29.8. The number of ether oxygens (including phenoxy) is 4. The van der Waals surface area contributed by atoms with E-state index in [1.54, 1.807) is 47.0 Å². The summed E-state index contributed by atoms with van der Waals surface area (Å²) in [5.74, 6) is -2.23. The van der Waals surface area contributed by atoms with Gasteiger partial charge < -0.3 is 34.5 Å². The second-order valence-electron chi connectivity index (χ2n) is 16.2. The molecule has 16 heteroatoms. The number of rotatable bonds is 7. The number of carbonyl (C=O) groups is 4. The molecule has 0 radical (unpaired) electrons. The number of nitrogens with one attached hydrogen (secondary N) is 3. The lowest BCUT2D eigenvalue weighted by Crippen LogP contribution is -2.59. The zero-order chi connectivity index (χ0) is 39.2. The van der Waals surface area contributed by atoms with Crippen molar-refractivity contribution in [1.82, 2.24) is 25.2 Å². The average molecular weight is 770 g/mol. The predicted molar refractivity (Wildman–Crippen MR) is 198 cm³/mol. The average Bonchev–Trinajstić information content (AvgIpc) is 3.98. The fourth-order valence-corrected chi connectivity index (χ4v) is 8.54. The van der Waals surface area contributed by atoms with Crippen LogP contribution in [-0.4, -0.2) is 103 Å². The first-order chi connectivity index (χ1) is 25.4. The minimum Gasteiger partial charge on any atom is -0.494 e. The van der Waals surface area contributed by atoms with Crippen LogP contribution in [0, 0.1) is 11.8 Å². The van der Waals surface area contributed by atoms with Gasteiger partial charge in [-0.25, -0.2) is 18.2 Å². The highest BCUT2D eigenvalue weighted by atomic mass is 32.2. The molecule has 1 saturated heterocycles. The summed E-state index contributed by atoms with van der Waals surface area (Å²) in [6.07, 6.45) is 4.52. The maximum absolute atomic E-state index is 14.7. The Morgan fingerprint density at radius 2 is 1.80 bits per heavy atom. The van der Waals surface area contributed by atoms with Crippen LogP contribution in [0.5, 0.6) is 11.6 Å². The van der Waals surface area contributed by atoms with Crippen LogP contribution in [0.3, 0.4) is 0 Å². The predicted octanol–water partition coefficient (Wildman–Crippen LogP) is 3.36. The Bertz CT molecular complexity index is 1940. The van der Waals surface area contributed by atoms with Gasteiger partial charge in [-0.2, -0.15) is 0 Å². The lowest BCUT2D eigenvalue weighted by molar-refractivity contribution is -0.142. The fourth-order valence-electron chi connectivity index (χ4n) is 7.22. The molecule has 4 aliphatic rings. The summed E-state index contributed by atoms with van der Waals surface area (Å²) in [6, 6.07) is 5.10. The molecule has 4 amide bonds. The van der Waals surface area contributed by atoms with Gasteiger partial charge in [0.2, 0.25) is 27.7 Å². The van der Waals surface area contributed by atoms with E-state index in [9.17, 15) is 27.6 Å². The van der Waals surface area contributed by atoms with Crippen LogP contribution in [0.2, 0.25) is 0 Å². The van der Waals surface area contributed by atoms with Gasteiger partial charge in [0.15, 0.2) is 0 Å². The van der Waals surface area contributed by atoms with Gasteiger partial charge in [-0.3, -0.25) is 19.1 Å². The van der Waals surface area contributed by atoms with Crippen molar-refractivity contribution in [2.24, 2.45) is 11.8 Å². The summed E-state index contributed by atoms with van der Waals surface area (Å²) < 4.78 is 51.0. The molecule has 1 aromatic heterocycles. The van der Waals surface area contributed by atoms with Gasteiger partial charge in [0.25, 0.3) is 5.91 Å². The van der Waals surface area contributed by atoms with Crippen molar-refractivity contribution in [3.8, 4) is 11.6 Å². The van der Waals surface area contributed by atoms with E-state index in [1.165, 1.54) is 11.1 Å². The van der Waals surface area contributed by atoms with Crippen molar-refractivity contribution < 1.29 is 46.5 Å². The Kier molecular flexibility index (Phi) is 10.7. The molecule has 0 spiro atoms. The molecule has 3 N–H and O–H groups in total. The zero-order valence-corrected chi connectivity index (χ0v) is 32.7. The molecule has 3 heterocycles. The smallest absolute Gasteiger partial charge is 0.408 e. The van der Waals surface area contributed by atoms with E-state index in [0.717, 1.165) is 5.39 Å². The second-order valence-corrected chi connectivity index (χ2v) is 18.4. The van der Waals surface area contributed by atoms with Crippen LogP contribution in [0.1, 0.15) is 73.6 Å². The number of pyridine rings is 1. The molecule has 54 heavy (non-hydrogen) atoms. The molecular formula is C38H51N5O10S. The molecule has 7 atom stereocenters. The molecule has 3 fully saturated rings. The van der Waals surface area contributed by atoms with Crippen molar-refractivity contribution in [3.05, 3.63) is 42.6 Å². The van der Waals surface area contributed by atoms with Crippen LogP contribution in [-0.2, 0) is 33.9 Å². The quantitative estimate of drug-likeness (QED) is 0.350. The van der Waals surface area contributed by atoms with Gasteiger partial charge in [0, 0.05) is 23.1 Å². The number of hydrogen-bond donors (Lipinski definition) is 3. The third-order valence-corrected chi connectivity index (χ3v) is 12.9. The first kappa shape index (κ1) is 39.3. The Hall–Kier alpha value is -4.44. The van der Waals surface area contributed by atoms with Crippen LogP contribution in [0.4, 0.5) is 4.79 Å².